The highest BCUT2D eigenvalue weighted by molar-refractivity contribution is 5.87. The van der Waals surface area contributed by atoms with Crippen LogP contribution >= 0.6 is 0 Å². The highest BCUT2D eigenvalue weighted by atomic mass is 16.5. The Balaban J connectivity index is 1.42. The molecule has 8 heteroatoms. The minimum Gasteiger partial charge on any atom is -0.479 e. The molecular formula is C27H32N2O6. The van der Waals surface area contributed by atoms with Crippen LogP contribution in [0.4, 0.5) is 4.79 Å². The number of hydrogen-bond acceptors (Lipinski definition) is 5. The molecule has 0 spiro atoms. The van der Waals surface area contributed by atoms with E-state index < -0.39 is 36.2 Å². The fourth-order valence-corrected chi connectivity index (χ4v) is 4.87. The summed E-state index contributed by atoms with van der Waals surface area (Å²) in [5.74, 6) is -1.66. The van der Waals surface area contributed by atoms with Gasteiger partial charge in [-0.25, -0.2) is 9.59 Å². The number of benzene rings is 2. The number of nitrogens with one attached hydrogen (secondary N) is 2. The fourth-order valence-electron chi connectivity index (χ4n) is 4.87. The molecule has 186 valence electrons. The van der Waals surface area contributed by atoms with Crippen molar-refractivity contribution < 1.29 is 29.0 Å². The van der Waals surface area contributed by atoms with Gasteiger partial charge in [-0.3, -0.25) is 4.79 Å². The van der Waals surface area contributed by atoms with Crippen molar-refractivity contribution in [3.63, 3.8) is 0 Å². The lowest BCUT2D eigenvalue weighted by Crippen LogP contribution is -2.53. The smallest absolute Gasteiger partial charge is 0.407 e. The number of aliphatic carboxylic acids is 1. The third-order valence-electron chi connectivity index (χ3n) is 6.43. The van der Waals surface area contributed by atoms with Crippen LogP contribution in [0.2, 0.25) is 0 Å². The number of carbonyl (C=O) groups excluding carboxylic acids is 2. The van der Waals surface area contributed by atoms with Crippen molar-refractivity contribution in [3.8, 4) is 11.1 Å². The lowest BCUT2D eigenvalue weighted by Gasteiger charge is -2.27. The summed E-state index contributed by atoms with van der Waals surface area (Å²) in [7, 11) is 0. The van der Waals surface area contributed by atoms with Crippen molar-refractivity contribution in [2.75, 3.05) is 13.2 Å². The highest BCUT2D eigenvalue weighted by Gasteiger charge is 2.37. The summed E-state index contributed by atoms with van der Waals surface area (Å²) in [6.07, 6.45) is -1.03. The molecule has 4 rings (SSSR count). The van der Waals surface area contributed by atoms with Crippen LogP contribution in [0.15, 0.2) is 48.5 Å². The van der Waals surface area contributed by atoms with Crippen molar-refractivity contribution in [1.82, 2.24) is 10.6 Å². The van der Waals surface area contributed by atoms with Gasteiger partial charge in [0.2, 0.25) is 5.91 Å². The minimum absolute atomic E-state index is 0.0880. The lowest BCUT2D eigenvalue weighted by atomic mass is 9.87. The first kappa shape index (κ1) is 24.7. The fraction of sp³-hybridized carbons (Fsp3) is 0.444. The molecule has 1 unspecified atom stereocenters. The van der Waals surface area contributed by atoms with Crippen LogP contribution in [0.25, 0.3) is 11.1 Å². The summed E-state index contributed by atoms with van der Waals surface area (Å²) >= 11 is 0. The summed E-state index contributed by atoms with van der Waals surface area (Å²) < 4.78 is 10.8. The van der Waals surface area contributed by atoms with Crippen LogP contribution < -0.4 is 10.6 Å². The van der Waals surface area contributed by atoms with E-state index in [0.29, 0.717) is 12.8 Å². The first-order chi connectivity index (χ1) is 16.6. The molecule has 0 aromatic heterocycles. The van der Waals surface area contributed by atoms with E-state index in [9.17, 15) is 19.5 Å². The largest absolute Gasteiger partial charge is 0.479 e. The molecular weight excluding hydrogens is 448 g/mol. The Hall–Kier alpha value is -3.39. The van der Waals surface area contributed by atoms with Gasteiger partial charge in [0.15, 0.2) is 6.10 Å². The maximum absolute atomic E-state index is 13.0. The van der Waals surface area contributed by atoms with E-state index in [1.807, 2.05) is 57.2 Å². The van der Waals surface area contributed by atoms with Gasteiger partial charge >= 0.3 is 12.1 Å². The predicted octanol–water partition coefficient (Wildman–Crippen LogP) is 3.69. The number of amides is 2. The molecule has 1 saturated heterocycles. The second-order valence-corrected chi connectivity index (χ2v) is 10.3. The van der Waals surface area contributed by atoms with Gasteiger partial charge in [-0.15, -0.1) is 0 Å². The number of carbonyl (C=O) groups is 3. The average molecular weight is 481 g/mol. The molecule has 0 bridgehead atoms. The normalized spacial score (nSPS) is 20.0. The van der Waals surface area contributed by atoms with Gasteiger partial charge in [0.05, 0.1) is 6.04 Å². The van der Waals surface area contributed by atoms with Gasteiger partial charge in [0.1, 0.15) is 12.6 Å². The predicted molar refractivity (Wildman–Crippen MR) is 130 cm³/mol. The van der Waals surface area contributed by atoms with E-state index in [4.69, 9.17) is 9.47 Å². The maximum Gasteiger partial charge on any atom is 0.407 e. The van der Waals surface area contributed by atoms with Crippen LogP contribution in [-0.4, -0.2) is 54.5 Å². The van der Waals surface area contributed by atoms with Crippen LogP contribution in [0.5, 0.6) is 0 Å². The SMILES string of the molecule is CC(C)(C)CC(NC(=O)OCC1c2ccccc2-c2ccccc21)C(=O)N[C@@H]1CCO[C@@H]1C(=O)O. The Bertz CT molecular complexity index is 1060. The first-order valence-electron chi connectivity index (χ1n) is 11.9. The third kappa shape index (κ3) is 5.65. The zero-order chi connectivity index (χ0) is 25.2. The highest BCUT2D eigenvalue weighted by Crippen LogP contribution is 2.44. The molecule has 0 radical (unpaired) electrons. The van der Waals surface area contributed by atoms with Crippen molar-refractivity contribution in [1.29, 1.82) is 0 Å². The Labute approximate surface area is 205 Å². The zero-order valence-electron chi connectivity index (χ0n) is 20.2. The Morgan fingerprint density at radius 1 is 1.06 bits per heavy atom. The van der Waals surface area contributed by atoms with Crippen LogP contribution in [-0.2, 0) is 19.1 Å². The average Bonchev–Trinajstić information content (AvgIpc) is 3.39. The van der Waals surface area contributed by atoms with Gasteiger partial charge in [-0.2, -0.15) is 0 Å². The summed E-state index contributed by atoms with van der Waals surface area (Å²) in [6, 6.07) is 14.6. The van der Waals surface area contributed by atoms with E-state index in [1.165, 1.54) is 0 Å². The molecule has 3 N–H and O–H groups in total. The quantitative estimate of drug-likeness (QED) is 0.557. The van der Waals surface area contributed by atoms with Gasteiger partial charge in [-0.1, -0.05) is 69.3 Å². The standard InChI is InChI=1S/C27H32N2O6/c1-27(2,3)14-22(24(30)28-21-12-13-34-23(21)25(31)32)29-26(33)35-15-20-18-10-6-4-8-16(18)17-9-5-7-11-19(17)20/h4-11,20-23H,12-15H2,1-3H3,(H,28,30)(H,29,33)(H,31,32)/t21-,22?,23+/m1/s1. The lowest BCUT2D eigenvalue weighted by molar-refractivity contribution is -0.148. The Kier molecular flexibility index (Phi) is 7.12. The summed E-state index contributed by atoms with van der Waals surface area (Å²) in [6.45, 7) is 6.29. The molecule has 35 heavy (non-hydrogen) atoms. The monoisotopic (exact) mass is 480 g/mol. The molecule has 1 aliphatic carbocycles. The summed E-state index contributed by atoms with van der Waals surface area (Å²) in [5, 5.41) is 14.8. The second-order valence-electron chi connectivity index (χ2n) is 10.3. The number of carboxylic acid groups (broad SMARTS) is 1. The topological polar surface area (TPSA) is 114 Å². The van der Waals surface area contributed by atoms with Gasteiger partial charge < -0.3 is 25.2 Å². The number of ether oxygens (including phenoxy) is 2. The second kappa shape index (κ2) is 10.1. The van der Waals surface area contributed by atoms with Crippen LogP contribution in [0, 0.1) is 5.41 Å². The molecule has 2 aromatic carbocycles. The van der Waals surface area contributed by atoms with E-state index in [1.54, 1.807) is 0 Å². The van der Waals surface area contributed by atoms with Crippen molar-refractivity contribution in [2.45, 2.75) is 57.7 Å². The van der Waals surface area contributed by atoms with Gasteiger partial charge in [0.25, 0.3) is 0 Å². The van der Waals surface area contributed by atoms with Crippen molar-refractivity contribution >= 4 is 18.0 Å². The Morgan fingerprint density at radius 3 is 2.23 bits per heavy atom. The molecule has 2 amide bonds. The first-order valence-corrected chi connectivity index (χ1v) is 11.9. The van der Waals surface area contributed by atoms with Crippen molar-refractivity contribution in [2.24, 2.45) is 5.41 Å². The van der Waals surface area contributed by atoms with E-state index in [2.05, 4.69) is 22.8 Å². The number of hydrogen-bond donors (Lipinski definition) is 3. The maximum atomic E-state index is 13.0. The van der Waals surface area contributed by atoms with Crippen LogP contribution in [0.1, 0.15) is 50.7 Å². The third-order valence-corrected chi connectivity index (χ3v) is 6.43. The molecule has 2 aromatic rings. The molecule has 1 fully saturated rings. The van der Waals surface area contributed by atoms with Gasteiger partial charge in [-0.05, 0) is 40.5 Å². The molecule has 2 aliphatic rings. The molecule has 8 nitrogen and oxygen atoms in total. The Morgan fingerprint density at radius 2 is 1.66 bits per heavy atom. The van der Waals surface area contributed by atoms with Crippen molar-refractivity contribution in [3.05, 3.63) is 59.7 Å². The number of fused-ring (bicyclic) bond motifs is 3. The molecule has 1 heterocycles. The number of carboxylic acids is 1. The molecule has 1 aliphatic heterocycles. The van der Waals surface area contributed by atoms with E-state index in [0.717, 1.165) is 22.3 Å². The van der Waals surface area contributed by atoms with E-state index in [-0.39, 0.29) is 24.5 Å². The number of alkyl carbamates (subject to hydrolysis) is 1. The zero-order valence-corrected chi connectivity index (χ0v) is 20.2. The van der Waals surface area contributed by atoms with Crippen LogP contribution in [0.3, 0.4) is 0 Å². The summed E-state index contributed by atoms with van der Waals surface area (Å²) in [5.41, 5.74) is 4.21. The molecule has 0 saturated carbocycles. The number of rotatable bonds is 7. The molecule has 3 atom stereocenters. The van der Waals surface area contributed by atoms with Gasteiger partial charge in [0, 0.05) is 12.5 Å². The van der Waals surface area contributed by atoms with E-state index >= 15 is 0 Å². The minimum atomic E-state index is -1.12. The summed E-state index contributed by atoms with van der Waals surface area (Å²) in [4.78, 5) is 37.2.